The van der Waals surface area contributed by atoms with Crippen LogP contribution in [0.3, 0.4) is 0 Å². The molecule has 0 rings (SSSR count). The van der Waals surface area contributed by atoms with Gasteiger partial charge in [0.2, 0.25) is 0 Å². The number of carbonyl (C=O) groups is 2. The summed E-state index contributed by atoms with van der Waals surface area (Å²) < 4.78 is 58.0. The summed E-state index contributed by atoms with van der Waals surface area (Å²) in [5.74, 6) is -5.96. The molecule has 8 heteroatoms. The van der Waals surface area contributed by atoms with Gasteiger partial charge in [-0.15, -0.1) is 0 Å². The smallest absolute Gasteiger partial charge is 0.340 e. The molecule has 0 N–H and O–H groups in total. The molecule has 24 heavy (non-hydrogen) atoms. The van der Waals surface area contributed by atoms with Crippen molar-refractivity contribution in [3.8, 4) is 0 Å². The molecule has 0 saturated heterocycles. The first-order chi connectivity index (χ1) is 11.2. The second kappa shape index (κ2) is 11.9. The molecule has 0 aromatic rings. The number of esters is 2. The van der Waals surface area contributed by atoms with E-state index >= 15 is 0 Å². The third-order valence-corrected chi connectivity index (χ3v) is 2.96. The number of halogens is 4. The van der Waals surface area contributed by atoms with Gasteiger partial charge in [-0.05, 0) is 25.8 Å². The van der Waals surface area contributed by atoms with Crippen molar-refractivity contribution >= 4 is 11.9 Å². The molecule has 0 aromatic heterocycles. The fourth-order valence-corrected chi connectivity index (χ4v) is 1.60. The molecule has 4 nitrogen and oxygen atoms in total. The molecule has 1 atom stereocenters. The Morgan fingerprint density at radius 2 is 1.75 bits per heavy atom. The van der Waals surface area contributed by atoms with Gasteiger partial charge in [-0.3, -0.25) is 9.59 Å². The lowest BCUT2D eigenvalue weighted by Gasteiger charge is -2.15. The Kier molecular flexibility index (Phi) is 11.1. The monoisotopic (exact) mass is 356 g/mol. The summed E-state index contributed by atoms with van der Waals surface area (Å²) >= 11 is 0. The molecule has 0 amide bonds. The van der Waals surface area contributed by atoms with Crippen molar-refractivity contribution in [2.45, 2.75) is 70.8 Å². The minimum atomic E-state index is -4.37. The van der Waals surface area contributed by atoms with Crippen molar-refractivity contribution in [1.82, 2.24) is 0 Å². The number of hydrogen-bond donors (Lipinski definition) is 0. The van der Waals surface area contributed by atoms with E-state index in [0.717, 1.165) is 19.3 Å². The van der Waals surface area contributed by atoms with Gasteiger partial charge in [-0.1, -0.05) is 25.8 Å². The van der Waals surface area contributed by atoms with Crippen molar-refractivity contribution in [1.29, 1.82) is 0 Å². The molecule has 0 radical (unpaired) electrons. The third kappa shape index (κ3) is 11.0. The average molecular weight is 356 g/mol. The average Bonchev–Trinajstić information content (AvgIpc) is 2.49. The minimum Gasteiger partial charge on any atom is -0.459 e. The van der Waals surface area contributed by atoms with Gasteiger partial charge in [-0.2, -0.15) is 8.78 Å². The number of hydrogen-bond acceptors (Lipinski definition) is 4. The fourth-order valence-electron chi connectivity index (χ4n) is 1.60. The first-order valence-electron chi connectivity index (χ1n) is 7.86. The maximum Gasteiger partial charge on any atom is 0.340 e. The molecular formula is C16H24F4O4. The Labute approximate surface area is 139 Å². The van der Waals surface area contributed by atoms with Crippen LogP contribution in [0, 0.1) is 0 Å². The normalized spacial score (nSPS) is 13.3. The Balaban J connectivity index is 3.88. The van der Waals surface area contributed by atoms with Gasteiger partial charge in [-0.25, -0.2) is 8.78 Å². The molecule has 0 aliphatic heterocycles. The topological polar surface area (TPSA) is 52.6 Å². The van der Waals surface area contributed by atoms with Crippen molar-refractivity contribution in [2.75, 3.05) is 6.61 Å². The summed E-state index contributed by atoms with van der Waals surface area (Å²) in [6.07, 6.45) is 2.01. The van der Waals surface area contributed by atoms with Gasteiger partial charge in [0.1, 0.15) is 6.10 Å². The summed E-state index contributed by atoms with van der Waals surface area (Å²) in [6, 6.07) is 0. The van der Waals surface area contributed by atoms with Crippen LogP contribution in [0.5, 0.6) is 0 Å². The molecule has 0 fully saturated rings. The molecule has 0 aromatic carbocycles. The van der Waals surface area contributed by atoms with Crippen molar-refractivity contribution in [3.05, 3.63) is 12.2 Å². The predicted octanol–water partition coefficient (Wildman–Crippen LogP) is 4.28. The highest BCUT2D eigenvalue weighted by molar-refractivity contribution is 5.72. The fraction of sp³-hybridized carbons (Fsp3) is 0.750. The lowest BCUT2D eigenvalue weighted by molar-refractivity contribution is -0.179. The van der Waals surface area contributed by atoms with Crippen LogP contribution in [0.2, 0.25) is 0 Å². The summed E-state index contributed by atoms with van der Waals surface area (Å²) in [7, 11) is 0. The van der Waals surface area contributed by atoms with E-state index < -0.39 is 37.0 Å². The van der Waals surface area contributed by atoms with Crippen molar-refractivity contribution in [2.24, 2.45) is 0 Å². The number of unbranched alkanes of at least 4 members (excludes halogenated alkanes) is 2. The summed E-state index contributed by atoms with van der Waals surface area (Å²) in [5.41, 5.74) is 0. The van der Waals surface area contributed by atoms with E-state index in [1.54, 1.807) is 13.0 Å². The van der Waals surface area contributed by atoms with E-state index in [2.05, 4.69) is 11.7 Å². The Hall–Kier alpha value is -1.60. The summed E-state index contributed by atoms with van der Waals surface area (Å²) in [6.45, 7) is 2.09. The molecule has 0 saturated carbocycles. The SMILES string of the molecule is CCCC/C=C/C(C)OC(=O)CCCC(=O)OCC(F)(F)C(F)F. The van der Waals surface area contributed by atoms with Crippen LogP contribution < -0.4 is 0 Å². The van der Waals surface area contributed by atoms with Crippen LogP contribution in [0.4, 0.5) is 17.6 Å². The number of carbonyl (C=O) groups excluding carboxylic acids is 2. The highest BCUT2D eigenvalue weighted by Gasteiger charge is 2.42. The lowest BCUT2D eigenvalue weighted by atomic mass is 10.2. The van der Waals surface area contributed by atoms with E-state index in [9.17, 15) is 27.2 Å². The van der Waals surface area contributed by atoms with Gasteiger partial charge in [0.25, 0.3) is 0 Å². The lowest BCUT2D eigenvalue weighted by Crippen LogP contribution is -2.33. The Bertz CT molecular complexity index is 411. The first kappa shape index (κ1) is 22.4. The zero-order valence-electron chi connectivity index (χ0n) is 13.9. The quantitative estimate of drug-likeness (QED) is 0.227. The molecule has 0 spiro atoms. The molecule has 0 aliphatic rings. The van der Waals surface area contributed by atoms with Gasteiger partial charge in [0.15, 0.2) is 6.61 Å². The summed E-state index contributed by atoms with van der Waals surface area (Å²) in [4.78, 5) is 22.7. The summed E-state index contributed by atoms with van der Waals surface area (Å²) in [5, 5.41) is 0. The maximum atomic E-state index is 12.5. The van der Waals surface area contributed by atoms with Gasteiger partial charge in [0, 0.05) is 12.8 Å². The second-order valence-corrected chi connectivity index (χ2v) is 5.34. The Morgan fingerprint density at radius 3 is 2.33 bits per heavy atom. The number of alkyl halides is 4. The number of rotatable bonds is 12. The van der Waals surface area contributed by atoms with Crippen LogP contribution in [0.25, 0.3) is 0 Å². The highest BCUT2D eigenvalue weighted by atomic mass is 19.3. The third-order valence-electron chi connectivity index (χ3n) is 2.96. The largest absolute Gasteiger partial charge is 0.459 e. The van der Waals surface area contributed by atoms with Crippen molar-refractivity contribution in [3.63, 3.8) is 0 Å². The zero-order valence-corrected chi connectivity index (χ0v) is 13.9. The second-order valence-electron chi connectivity index (χ2n) is 5.34. The molecular weight excluding hydrogens is 332 g/mol. The van der Waals surface area contributed by atoms with Gasteiger partial charge in [0.05, 0.1) is 0 Å². The zero-order chi connectivity index (χ0) is 18.6. The van der Waals surface area contributed by atoms with Crippen molar-refractivity contribution < 1.29 is 36.6 Å². The van der Waals surface area contributed by atoms with Crippen LogP contribution >= 0.6 is 0 Å². The molecule has 0 bridgehead atoms. The number of ether oxygens (including phenoxy) is 2. The maximum absolute atomic E-state index is 12.5. The standard InChI is InChI=1S/C16H24F4O4/c1-3-4-5-6-8-12(2)24-14(22)10-7-9-13(21)23-11-16(19,20)15(17)18/h6,8,12,15H,3-5,7,9-11H2,1-2H3/b8-6+. The molecule has 140 valence electrons. The van der Waals surface area contributed by atoms with Crippen LogP contribution in [0.1, 0.15) is 52.4 Å². The molecule has 0 heterocycles. The predicted molar refractivity (Wildman–Crippen MR) is 80.0 cm³/mol. The van der Waals surface area contributed by atoms with Gasteiger partial charge >= 0.3 is 24.3 Å². The van der Waals surface area contributed by atoms with E-state index in [0.29, 0.717) is 0 Å². The highest BCUT2D eigenvalue weighted by Crippen LogP contribution is 2.23. The van der Waals surface area contributed by atoms with E-state index in [1.807, 2.05) is 6.08 Å². The minimum absolute atomic E-state index is 0.0319. The van der Waals surface area contributed by atoms with Crippen LogP contribution in [0.15, 0.2) is 12.2 Å². The van der Waals surface area contributed by atoms with Gasteiger partial charge < -0.3 is 9.47 Å². The first-order valence-corrected chi connectivity index (χ1v) is 7.86. The van der Waals surface area contributed by atoms with Crippen LogP contribution in [-0.4, -0.2) is 37.0 Å². The van der Waals surface area contributed by atoms with Crippen LogP contribution in [-0.2, 0) is 19.1 Å². The number of allylic oxidation sites excluding steroid dienone is 1. The molecule has 0 aliphatic carbocycles. The van der Waals surface area contributed by atoms with E-state index in [1.165, 1.54) is 0 Å². The molecule has 1 unspecified atom stereocenters. The van der Waals surface area contributed by atoms with E-state index in [4.69, 9.17) is 4.74 Å². The van der Waals surface area contributed by atoms with E-state index in [-0.39, 0.29) is 19.3 Å². The Morgan fingerprint density at radius 1 is 1.12 bits per heavy atom.